The van der Waals surface area contributed by atoms with E-state index in [9.17, 15) is 4.79 Å². The Kier molecular flexibility index (Phi) is 4.94. The van der Waals surface area contributed by atoms with Crippen molar-refractivity contribution in [1.82, 2.24) is 4.98 Å². The number of piperidine rings is 1. The van der Waals surface area contributed by atoms with Gasteiger partial charge in [-0.05, 0) is 43.0 Å². The highest BCUT2D eigenvalue weighted by molar-refractivity contribution is 5.93. The number of oxazole rings is 1. The van der Waals surface area contributed by atoms with Gasteiger partial charge in [0.2, 0.25) is 0 Å². The number of rotatable bonds is 4. The highest BCUT2D eigenvalue weighted by Gasteiger charge is 2.32. The number of aromatic nitrogens is 1. The minimum Gasteiger partial charge on any atom is -0.496 e. The molecular formula is C22H24N2O4. The van der Waals surface area contributed by atoms with E-state index in [2.05, 4.69) is 17.9 Å². The summed E-state index contributed by atoms with van der Waals surface area (Å²) in [6.07, 6.45) is 2.12. The molecule has 0 spiro atoms. The van der Waals surface area contributed by atoms with Crippen LogP contribution in [-0.4, -0.2) is 31.7 Å². The van der Waals surface area contributed by atoms with Crippen molar-refractivity contribution in [2.45, 2.75) is 25.8 Å². The van der Waals surface area contributed by atoms with Crippen molar-refractivity contribution in [3.63, 3.8) is 0 Å². The molecule has 146 valence electrons. The van der Waals surface area contributed by atoms with E-state index < -0.39 is 5.97 Å². The van der Waals surface area contributed by atoms with Crippen molar-refractivity contribution < 1.29 is 18.7 Å². The lowest BCUT2D eigenvalue weighted by atomic mass is 9.90. The van der Waals surface area contributed by atoms with Gasteiger partial charge in [0.1, 0.15) is 11.3 Å². The Labute approximate surface area is 164 Å². The first-order chi connectivity index (χ1) is 13.6. The van der Waals surface area contributed by atoms with E-state index in [0.29, 0.717) is 23.1 Å². The van der Waals surface area contributed by atoms with Crippen LogP contribution in [0.15, 0.2) is 46.9 Å². The summed E-state index contributed by atoms with van der Waals surface area (Å²) >= 11 is 0. The van der Waals surface area contributed by atoms with Gasteiger partial charge in [-0.2, -0.15) is 4.98 Å². The van der Waals surface area contributed by atoms with Gasteiger partial charge in [-0.15, -0.1) is 0 Å². The third kappa shape index (κ3) is 3.30. The van der Waals surface area contributed by atoms with Crippen LogP contribution in [-0.2, 0) is 4.74 Å². The molecule has 2 atom stereocenters. The van der Waals surface area contributed by atoms with E-state index >= 15 is 0 Å². The molecule has 0 radical (unpaired) electrons. The number of esters is 1. The largest absolute Gasteiger partial charge is 0.496 e. The summed E-state index contributed by atoms with van der Waals surface area (Å²) in [7, 11) is 3.06. The number of nitrogens with zero attached hydrogens (tertiary/aromatic N) is 2. The molecule has 1 aliphatic heterocycles. The number of benzene rings is 2. The molecule has 4 rings (SSSR count). The maximum absolute atomic E-state index is 11.8. The number of hydrogen-bond donors (Lipinski definition) is 0. The molecule has 6 nitrogen and oxygen atoms in total. The van der Waals surface area contributed by atoms with Gasteiger partial charge in [0.05, 0.1) is 25.8 Å². The van der Waals surface area contributed by atoms with Crippen molar-refractivity contribution in [2.75, 3.05) is 25.7 Å². The zero-order chi connectivity index (χ0) is 19.7. The second-order valence-electron chi connectivity index (χ2n) is 7.26. The SMILES string of the molecule is COC(=O)c1ccc2nc(N3CC(C)CCC3c3ccccc3OC)oc2c1. The molecule has 0 saturated carbocycles. The predicted molar refractivity (Wildman–Crippen MR) is 107 cm³/mol. The topological polar surface area (TPSA) is 64.8 Å². The van der Waals surface area contributed by atoms with Gasteiger partial charge >= 0.3 is 5.97 Å². The van der Waals surface area contributed by atoms with Crippen LogP contribution in [0, 0.1) is 5.92 Å². The molecule has 3 aromatic rings. The normalized spacial score (nSPS) is 19.6. The molecule has 2 unspecified atom stereocenters. The third-order valence-electron chi connectivity index (χ3n) is 5.36. The molecule has 0 N–H and O–H groups in total. The van der Waals surface area contributed by atoms with Gasteiger partial charge in [-0.25, -0.2) is 4.79 Å². The van der Waals surface area contributed by atoms with E-state index in [0.717, 1.165) is 36.2 Å². The van der Waals surface area contributed by atoms with E-state index in [4.69, 9.17) is 18.9 Å². The molecule has 2 aromatic carbocycles. The van der Waals surface area contributed by atoms with Crippen molar-refractivity contribution >= 4 is 23.1 Å². The first-order valence-electron chi connectivity index (χ1n) is 9.49. The Morgan fingerprint density at radius 3 is 2.79 bits per heavy atom. The summed E-state index contributed by atoms with van der Waals surface area (Å²) in [5.41, 5.74) is 2.88. The predicted octanol–water partition coefficient (Wildman–Crippen LogP) is 4.60. The third-order valence-corrected chi connectivity index (χ3v) is 5.36. The van der Waals surface area contributed by atoms with Gasteiger partial charge in [-0.1, -0.05) is 25.1 Å². The highest BCUT2D eigenvalue weighted by Crippen LogP contribution is 2.40. The first-order valence-corrected chi connectivity index (χ1v) is 9.49. The van der Waals surface area contributed by atoms with Crippen LogP contribution in [0.3, 0.4) is 0 Å². The quantitative estimate of drug-likeness (QED) is 0.616. The maximum Gasteiger partial charge on any atom is 0.337 e. The van der Waals surface area contributed by atoms with Crippen molar-refractivity contribution in [1.29, 1.82) is 0 Å². The summed E-state index contributed by atoms with van der Waals surface area (Å²) in [6.45, 7) is 3.09. The number of para-hydroxylation sites is 1. The summed E-state index contributed by atoms with van der Waals surface area (Å²) in [5.74, 6) is 1.01. The highest BCUT2D eigenvalue weighted by atomic mass is 16.5. The monoisotopic (exact) mass is 380 g/mol. The van der Waals surface area contributed by atoms with Gasteiger partial charge in [0.25, 0.3) is 6.01 Å². The molecule has 6 heteroatoms. The number of carbonyl (C=O) groups excluding carboxylic acids is 1. The Hall–Kier alpha value is -3.02. The van der Waals surface area contributed by atoms with Crippen LogP contribution in [0.25, 0.3) is 11.1 Å². The number of carbonyl (C=O) groups is 1. The molecule has 1 saturated heterocycles. The van der Waals surface area contributed by atoms with Crippen molar-refractivity contribution in [3.8, 4) is 5.75 Å². The minimum absolute atomic E-state index is 0.125. The zero-order valence-corrected chi connectivity index (χ0v) is 16.3. The fourth-order valence-corrected chi connectivity index (χ4v) is 3.91. The summed E-state index contributed by atoms with van der Waals surface area (Å²) in [4.78, 5) is 18.7. The Balaban J connectivity index is 1.74. The van der Waals surface area contributed by atoms with Crippen LogP contribution < -0.4 is 9.64 Å². The Morgan fingerprint density at radius 2 is 2.00 bits per heavy atom. The number of anilines is 1. The summed E-state index contributed by atoms with van der Waals surface area (Å²) in [5, 5.41) is 0. The fraction of sp³-hybridized carbons (Fsp3) is 0.364. The number of ether oxygens (including phenoxy) is 2. The van der Waals surface area contributed by atoms with Crippen LogP contribution >= 0.6 is 0 Å². The van der Waals surface area contributed by atoms with Gasteiger partial charge < -0.3 is 18.8 Å². The molecule has 1 aliphatic rings. The lowest BCUT2D eigenvalue weighted by Gasteiger charge is -2.38. The van der Waals surface area contributed by atoms with Crippen LogP contribution in [0.5, 0.6) is 5.75 Å². The van der Waals surface area contributed by atoms with Crippen LogP contribution in [0.4, 0.5) is 6.01 Å². The van der Waals surface area contributed by atoms with Gasteiger partial charge in [0.15, 0.2) is 5.58 Å². The second kappa shape index (κ2) is 7.54. The van der Waals surface area contributed by atoms with Gasteiger partial charge in [0, 0.05) is 12.1 Å². The van der Waals surface area contributed by atoms with Crippen molar-refractivity contribution in [2.24, 2.45) is 5.92 Å². The molecule has 0 amide bonds. The number of hydrogen-bond acceptors (Lipinski definition) is 6. The molecule has 28 heavy (non-hydrogen) atoms. The number of methoxy groups -OCH3 is 2. The molecule has 0 aliphatic carbocycles. The molecule has 2 heterocycles. The fourth-order valence-electron chi connectivity index (χ4n) is 3.91. The Morgan fingerprint density at radius 1 is 1.18 bits per heavy atom. The van der Waals surface area contributed by atoms with Crippen LogP contribution in [0.1, 0.15) is 41.7 Å². The summed E-state index contributed by atoms with van der Waals surface area (Å²) in [6, 6.07) is 14.0. The lowest BCUT2D eigenvalue weighted by Crippen LogP contribution is -2.37. The zero-order valence-electron chi connectivity index (χ0n) is 16.3. The Bertz CT molecular complexity index is 997. The standard InChI is InChI=1S/C22H24N2O4/c1-14-8-11-18(16-6-4-5-7-19(16)26-2)24(13-14)22-23-17-10-9-15(21(25)27-3)12-20(17)28-22/h4-7,9-10,12,14,18H,8,11,13H2,1-3H3. The van der Waals surface area contributed by atoms with E-state index in [1.807, 2.05) is 18.2 Å². The molecule has 1 fully saturated rings. The maximum atomic E-state index is 11.8. The lowest BCUT2D eigenvalue weighted by molar-refractivity contribution is 0.0601. The average Bonchev–Trinajstić information content (AvgIpc) is 3.16. The molecular weight excluding hydrogens is 356 g/mol. The smallest absolute Gasteiger partial charge is 0.337 e. The van der Waals surface area contributed by atoms with Crippen LogP contribution in [0.2, 0.25) is 0 Å². The molecule has 1 aromatic heterocycles. The molecule has 0 bridgehead atoms. The van der Waals surface area contributed by atoms with Crippen molar-refractivity contribution in [3.05, 3.63) is 53.6 Å². The van der Waals surface area contributed by atoms with E-state index in [1.165, 1.54) is 7.11 Å². The first kappa shape index (κ1) is 18.3. The van der Waals surface area contributed by atoms with Gasteiger partial charge in [-0.3, -0.25) is 0 Å². The number of fused-ring (bicyclic) bond motifs is 1. The second-order valence-corrected chi connectivity index (χ2v) is 7.26. The minimum atomic E-state index is -0.390. The average molecular weight is 380 g/mol. The van der Waals surface area contributed by atoms with E-state index in [1.54, 1.807) is 25.3 Å². The van der Waals surface area contributed by atoms with E-state index in [-0.39, 0.29) is 6.04 Å². The summed E-state index contributed by atoms with van der Waals surface area (Å²) < 4.78 is 16.5.